The van der Waals surface area contributed by atoms with E-state index in [-0.39, 0.29) is 22.7 Å². The Bertz CT molecular complexity index is 462. The van der Waals surface area contributed by atoms with Crippen LogP contribution in [-0.4, -0.2) is 36.0 Å². The number of nitro benzene ring substituents is 1. The first-order valence-electron chi connectivity index (χ1n) is 4.96. The van der Waals surface area contributed by atoms with Gasteiger partial charge in [-0.25, -0.2) is 0 Å². The van der Waals surface area contributed by atoms with Crippen molar-refractivity contribution in [3.05, 3.63) is 21.7 Å². The van der Waals surface area contributed by atoms with Gasteiger partial charge in [-0.15, -0.1) is 0 Å². The molecule has 0 heterocycles. The van der Waals surface area contributed by atoms with Crippen molar-refractivity contribution >= 4 is 5.69 Å². The monoisotopic (exact) mass is 258 g/mol. The molecule has 0 aliphatic carbocycles. The topological polar surface area (TPSA) is 128 Å². The number of phenolic OH excluding ortho intramolecular Hbond substituents is 1. The lowest BCUT2D eigenvalue weighted by atomic mass is 10.0. The van der Waals surface area contributed by atoms with E-state index in [2.05, 4.69) is 0 Å². The maximum absolute atomic E-state index is 11.0. The van der Waals surface area contributed by atoms with Crippen LogP contribution in [0.25, 0.3) is 0 Å². The SMILES string of the molecule is COc1cc([N+](=O)[O-])c([C@@H](N)CO)c(OC)c1O. The number of nitro groups is 1. The minimum Gasteiger partial charge on any atom is -0.502 e. The standard InChI is InChI=1S/C10H14N2O6/c1-17-7-3-6(12(15)16)8(5(11)4-13)10(18-2)9(7)14/h3,5,13-14H,4,11H2,1-2H3/t5-/m0/s1. The summed E-state index contributed by atoms with van der Waals surface area (Å²) in [5, 5.41) is 29.8. The lowest BCUT2D eigenvalue weighted by Crippen LogP contribution is -2.17. The largest absolute Gasteiger partial charge is 0.502 e. The van der Waals surface area contributed by atoms with E-state index < -0.39 is 23.3 Å². The molecular formula is C10H14N2O6. The fourth-order valence-corrected chi connectivity index (χ4v) is 1.59. The minimum atomic E-state index is -1.04. The number of benzene rings is 1. The third kappa shape index (κ3) is 2.29. The van der Waals surface area contributed by atoms with Gasteiger partial charge in [0.15, 0.2) is 11.5 Å². The Morgan fingerprint density at radius 2 is 2.11 bits per heavy atom. The van der Waals surface area contributed by atoms with Gasteiger partial charge in [0, 0.05) is 0 Å². The zero-order chi connectivity index (χ0) is 13.9. The second kappa shape index (κ2) is 5.52. The van der Waals surface area contributed by atoms with Gasteiger partial charge in [-0.2, -0.15) is 0 Å². The van der Waals surface area contributed by atoms with Gasteiger partial charge >= 0.3 is 0 Å². The lowest BCUT2D eigenvalue weighted by Gasteiger charge is -2.16. The van der Waals surface area contributed by atoms with Gasteiger partial charge in [0.2, 0.25) is 5.75 Å². The Kier molecular flexibility index (Phi) is 4.29. The Morgan fingerprint density at radius 1 is 1.50 bits per heavy atom. The molecule has 100 valence electrons. The summed E-state index contributed by atoms with van der Waals surface area (Å²) in [6, 6.07) is -0.0138. The first kappa shape index (κ1) is 14.0. The molecule has 4 N–H and O–H groups in total. The summed E-state index contributed by atoms with van der Waals surface area (Å²) in [6.45, 7) is -0.525. The molecule has 0 spiro atoms. The van der Waals surface area contributed by atoms with E-state index in [4.69, 9.17) is 20.3 Å². The first-order valence-corrected chi connectivity index (χ1v) is 4.96. The summed E-state index contributed by atoms with van der Waals surface area (Å²) in [5.41, 5.74) is 5.12. The molecule has 0 saturated carbocycles. The summed E-state index contributed by atoms with van der Waals surface area (Å²) in [4.78, 5) is 10.3. The van der Waals surface area contributed by atoms with Gasteiger partial charge in [-0.1, -0.05) is 0 Å². The summed E-state index contributed by atoms with van der Waals surface area (Å²) >= 11 is 0. The molecule has 0 fully saturated rings. The van der Waals surface area contributed by atoms with Crippen molar-refractivity contribution in [3.63, 3.8) is 0 Å². The first-order chi connectivity index (χ1) is 8.47. The Morgan fingerprint density at radius 3 is 2.50 bits per heavy atom. The van der Waals surface area contributed by atoms with Crippen molar-refractivity contribution in [2.24, 2.45) is 5.73 Å². The van der Waals surface area contributed by atoms with E-state index in [0.29, 0.717) is 0 Å². The number of nitrogens with zero attached hydrogens (tertiary/aromatic N) is 1. The smallest absolute Gasteiger partial charge is 0.281 e. The number of rotatable bonds is 5. The molecule has 1 atom stereocenters. The highest BCUT2D eigenvalue weighted by atomic mass is 16.6. The third-order valence-electron chi connectivity index (χ3n) is 2.43. The van der Waals surface area contributed by atoms with E-state index in [0.717, 1.165) is 6.07 Å². The molecule has 1 aromatic carbocycles. The molecule has 1 aromatic rings. The Balaban J connectivity index is 3.62. The second-order valence-electron chi connectivity index (χ2n) is 3.44. The number of aromatic hydroxyl groups is 1. The van der Waals surface area contributed by atoms with Gasteiger partial charge in [0.25, 0.3) is 5.69 Å². The summed E-state index contributed by atoms with van der Waals surface area (Å²) in [6.07, 6.45) is 0. The number of nitrogens with two attached hydrogens (primary N) is 1. The molecule has 0 amide bonds. The minimum absolute atomic E-state index is 0.0803. The number of hydrogen-bond donors (Lipinski definition) is 3. The molecule has 0 radical (unpaired) electrons. The molecule has 0 bridgehead atoms. The highest BCUT2D eigenvalue weighted by Crippen LogP contribution is 2.46. The molecule has 0 aromatic heterocycles. The van der Waals surface area contributed by atoms with Crippen molar-refractivity contribution in [1.29, 1.82) is 0 Å². The molecule has 8 heteroatoms. The molecule has 8 nitrogen and oxygen atoms in total. The van der Waals surface area contributed by atoms with Gasteiger partial charge in [0.05, 0.1) is 43.4 Å². The number of aliphatic hydroxyl groups is 1. The number of aliphatic hydroxyl groups excluding tert-OH is 1. The molecule has 0 unspecified atom stereocenters. The van der Waals surface area contributed by atoms with Crippen LogP contribution in [0.1, 0.15) is 11.6 Å². The van der Waals surface area contributed by atoms with Crippen molar-refractivity contribution in [2.45, 2.75) is 6.04 Å². The third-order valence-corrected chi connectivity index (χ3v) is 2.43. The van der Waals surface area contributed by atoms with Crippen molar-refractivity contribution in [3.8, 4) is 17.2 Å². The summed E-state index contributed by atoms with van der Waals surface area (Å²) in [7, 11) is 2.48. The van der Waals surface area contributed by atoms with Crippen LogP contribution in [0.15, 0.2) is 6.07 Å². The number of ether oxygens (including phenoxy) is 2. The average molecular weight is 258 g/mol. The van der Waals surface area contributed by atoms with Crippen molar-refractivity contribution < 1.29 is 24.6 Å². The normalized spacial score (nSPS) is 12.0. The van der Waals surface area contributed by atoms with E-state index in [1.807, 2.05) is 0 Å². The highest BCUT2D eigenvalue weighted by molar-refractivity contribution is 5.64. The number of methoxy groups -OCH3 is 2. The summed E-state index contributed by atoms with van der Waals surface area (Å²) in [5.74, 6) is -0.681. The maximum Gasteiger partial charge on any atom is 0.281 e. The van der Waals surface area contributed by atoms with Crippen molar-refractivity contribution in [1.82, 2.24) is 0 Å². The van der Waals surface area contributed by atoms with E-state index in [9.17, 15) is 15.2 Å². The van der Waals surface area contributed by atoms with E-state index in [1.165, 1.54) is 14.2 Å². The van der Waals surface area contributed by atoms with Crippen LogP contribution < -0.4 is 15.2 Å². The fraction of sp³-hybridized carbons (Fsp3) is 0.400. The maximum atomic E-state index is 11.0. The molecular weight excluding hydrogens is 244 g/mol. The van der Waals surface area contributed by atoms with Crippen LogP contribution in [0.2, 0.25) is 0 Å². The molecule has 1 rings (SSSR count). The fourth-order valence-electron chi connectivity index (χ4n) is 1.59. The summed E-state index contributed by atoms with van der Waals surface area (Å²) < 4.78 is 9.72. The van der Waals surface area contributed by atoms with Crippen LogP contribution in [0.5, 0.6) is 17.2 Å². The molecule has 18 heavy (non-hydrogen) atoms. The van der Waals surface area contributed by atoms with Gasteiger partial charge in [-0.3, -0.25) is 10.1 Å². The quantitative estimate of drug-likeness (QED) is 0.512. The van der Waals surface area contributed by atoms with Gasteiger partial charge in [-0.05, 0) is 0 Å². The second-order valence-corrected chi connectivity index (χ2v) is 3.44. The average Bonchev–Trinajstić information content (AvgIpc) is 2.36. The van der Waals surface area contributed by atoms with Crippen LogP contribution in [-0.2, 0) is 0 Å². The predicted molar refractivity (Wildman–Crippen MR) is 61.9 cm³/mol. The molecule has 0 aliphatic heterocycles. The van der Waals surface area contributed by atoms with Gasteiger partial charge in [0.1, 0.15) is 0 Å². The van der Waals surface area contributed by atoms with E-state index >= 15 is 0 Å². The van der Waals surface area contributed by atoms with Crippen molar-refractivity contribution in [2.75, 3.05) is 20.8 Å². The Labute approximate surface area is 103 Å². The Hall–Kier alpha value is -2.06. The number of phenols is 1. The van der Waals surface area contributed by atoms with Crippen LogP contribution in [0.4, 0.5) is 5.69 Å². The number of hydrogen-bond acceptors (Lipinski definition) is 7. The highest BCUT2D eigenvalue weighted by Gasteiger charge is 2.29. The van der Waals surface area contributed by atoms with E-state index in [1.54, 1.807) is 0 Å². The lowest BCUT2D eigenvalue weighted by molar-refractivity contribution is -0.385. The predicted octanol–water partition coefficient (Wildman–Crippen LogP) is 0.310. The molecule has 0 aliphatic rings. The zero-order valence-electron chi connectivity index (χ0n) is 9.91. The van der Waals surface area contributed by atoms with Crippen LogP contribution in [0, 0.1) is 10.1 Å². The zero-order valence-corrected chi connectivity index (χ0v) is 9.91. The van der Waals surface area contributed by atoms with Crippen LogP contribution >= 0.6 is 0 Å². The molecule has 0 saturated heterocycles. The van der Waals surface area contributed by atoms with Gasteiger partial charge < -0.3 is 25.4 Å². The van der Waals surface area contributed by atoms with Crippen LogP contribution in [0.3, 0.4) is 0 Å².